The number of nitrogen functional groups attached to an aromatic ring is 1. The lowest BCUT2D eigenvalue weighted by molar-refractivity contribution is 0.248. The molecular formula is C12H16ClN3O. The van der Waals surface area contributed by atoms with E-state index in [1.807, 2.05) is 0 Å². The molecule has 4 N–H and O–H groups in total. The second-order valence-electron chi connectivity index (χ2n) is 4.32. The molecule has 0 radical (unpaired) electrons. The van der Waals surface area contributed by atoms with E-state index < -0.39 is 0 Å². The van der Waals surface area contributed by atoms with E-state index in [-0.39, 0.29) is 6.03 Å². The Labute approximate surface area is 106 Å². The molecule has 0 aromatic heterocycles. The fourth-order valence-electron chi connectivity index (χ4n) is 2.05. The maximum atomic E-state index is 11.7. The minimum absolute atomic E-state index is 0.205. The Kier molecular flexibility index (Phi) is 3.74. The van der Waals surface area contributed by atoms with Crippen molar-refractivity contribution in [3.05, 3.63) is 23.2 Å². The lowest BCUT2D eigenvalue weighted by atomic mass is 10.2. The van der Waals surface area contributed by atoms with Crippen LogP contribution in [0.15, 0.2) is 18.2 Å². The molecule has 0 aliphatic heterocycles. The predicted molar refractivity (Wildman–Crippen MR) is 70.3 cm³/mol. The quantitative estimate of drug-likeness (QED) is 0.710. The van der Waals surface area contributed by atoms with Crippen LogP contribution in [0.3, 0.4) is 0 Å². The van der Waals surface area contributed by atoms with Crippen molar-refractivity contribution in [2.24, 2.45) is 0 Å². The monoisotopic (exact) mass is 253 g/mol. The topological polar surface area (TPSA) is 67.1 Å². The third-order valence-electron chi connectivity index (χ3n) is 2.93. The summed E-state index contributed by atoms with van der Waals surface area (Å²) in [5.74, 6) is 0. The summed E-state index contributed by atoms with van der Waals surface area (Å²) in [6, 6.07) is 5.11. The molecule has 1 aliphatic rings. The Bertz CT molecular complexity index is 416. The summed E-state index contributed by atoms with van der Waals surface area (Å²) in [5.41, 5.74) is 6.74. The number of urea groups is 1. The van der Waals surface area contributed by atoms with Crippen LogP contribution in [0.5, 0.6) is 0 Å². The minimum Gasteiger partial charge on any atom is -0.399 e. The molecule has 1 aromatic rings. The summed E-state index contributed by atoms with van der Waals surface area (Å²) < 4.78 is 0. The maximum Gasteiger partial charge on any atom is 0.319 e. The van der Waals surface area contributed by atoms with Gasteiger partial charge in [-0.15, -0.1) is 0 Å². The van der Waals surface area contributed by atoms with Crippen molar-refractivity contribution in [2.45, 2.75) is 31.7 Å². The molecule has 1 aliphatic carbocycles. The molecule has 0 atom stereocenters. The van der Waals surface area contributed by atoms with Gasteiger partial charge in [0.1, 0.15) is 0 Å². The lowest BCUT2D eigenvalue weighted by Crippen LogP contribution is -2.36. The highest BCUT2D eigenvalue weighted by Gasteiger charge is 2.17. The van der Waals surface area contributed by atoms with Gasteiger partial charge in [-0.2, -0.15) is 0 Å². The Balaban J connectivity index is 1.93. The molecule has 0 saturated heterocycles. The van der Waals surface area contributed by atoms with E-state index in [9.17, 15) is 4.79 Å². The summed E-state index contributed by atoms with van der Waals surface area (Å²) in [4.78, 5) is 11.7. The van der Waals surface area contributed by atoms with Gasteiger partial charge in [-0.25, -0.2) is 4.79 Å². The summed E-state index contributed by atoms with van der Waals surface area (Å²) in [6.45, 7) is 0. The molecule has 5 heteroatoms. The van der Waals surface area contributed by atoms with Crippen LogP contribution in [0.2, 0.25) is 5.02 Å². The second-order valence-corrected chi connectivity index (χ2v) is 4.73. The fourth-order valence-corrected chi connectivity index (χ4v) is 2.28. The summed E-state index contributed by atoms with van der Waals surface area (Å²) >= 11 is 5.97. The van der Waals surface area contributed by atoms with Gasteiger partial charge in [0.2, 0.25) is 0 Å². The third kappa shape index (κ3) is 3.27. The maximum absolute atomic E-state index is 11.7. The molecule has 4 nitrogen and oxygen atoms in total. The number of halogens is 1. The van der Waals surface area contributed by atoms with Crippen LogP contribution < -0.4 is 16.4 Å². The van der Waals surface area contributed by atoms with Crippen molar-refractivity contribution < 1.29 is 4.79 Å². The van der Waals surface area contributed by atoms with Crippen molar-refractivity contribution >= 4 is 29.0 Å². The van der Waals surface area contributed by atoms with Gasteiger partial charge in [0, 0.05) is 11.7 Å². The van der Waals surface area contributed by atoms with E-state index in [1.165, 1.54) is 12.8 Å². The number of hydrogen-bond donors (Lipinski definition) is 3. The van der Waals surface area contributed by atoms with E-state index in [4.69, 9.17) is 17.3 Å². The van der Waals surface area contributed by atoms with Crippen LogP contribution in [0.4, 0.5) is 16.2 Å². The van der Waals surface area contributed by atoms with Gasteiger partial charge >= 0.3 is 6.03 Å². The molecule has 0 unspecified atom stereocenters. The molecule has 2 rings (SSSR count). The highest BCUT2D eigenvalue weighted by molar-refractivity contribution is 6.34. The molecule has 0 heterocycles. The third-order valence-corrected chi connectivity index (χ3v) is 3.24. The van der Waals surface area contributed by atoms with E-state index in [2.05, 4.69) is 10.6 Å². The highest BCUT2D eigenvalue weighted by Crippen LogP contribution is 2.24. The molecule has 1 aromatic carbocycles. The van der Waals surface area contributed by atoms with Gasteiger partial charge in [0.15, 0.2) is 0 Å². The Morgan fingerprint density at radius 3 is 2.71 bits per heavy atom. The van der Waals surface area contributed by atoms with Crippen LogP contribution in [0.1, 0.15) is 25.7 Å². The zero-order valence-corrected chi connectivity index (χ0v) is 10.3. The number of anilines is 2. The first-order valence-electron chi connectivity index (χ1n) is 5.77. The second kappa shape index (κ2) is 5.27. The summed E-state index contributed by atoms with van der Waals surface area (Å²) in [5, 5.41) is 6.11. The number of carbonyl (C=O) groups excluding carboxylic acids is 1. The van der Waals surface area contributed by atoms with Crippen molar-refractivity contribution in [2.75, 3.05) is 11.1 Å². The van der Waals surface area contributed by atoms with Crippen LogP contribution in [-0.2, 0) is 0 Å². The first-order valence-corrected chi connectivity index (χ1v) is 6.15. The van der Waals surface area contributed by atoms with Gasteiger partial charge in [-0.05, 0) is 31.0 Å². The first-order chi connectivity index (χ1) is 8.15. The number of hydrogen-bond acceptors (Lipinski definition) is 2. The summed E-state index contributed by atoms with van der Waals surface area (Å²) in [6.07, 6.45) is 4.49. The van der Waals surface area contributed by atoms with Crippen molar-refractivity contribution in [1.82, 2.24) is 5.32 Å². The normalized spacial score (nSPS) is 15.8. The number of nitrogens with two attached hydrogens (primary N) is 1. The van der Waals surface area contributed by atoms with Gasteiger partial charge in [-0.3, -0.25) is 0 Å². The Morgan fingerprint density at radius 1 is 1.35 bits per heavy atom. The zero-order chi connectivity index (χ0) is 12.3. The molecule has 0 spiro atoms. The van der Waals surface area contributed by atoms with Gasteiger partial charge in [-0.1, -0.05) is 24.4 Å². The number of benzene rings is 1. The SMILES string of the molecule is Nc1ccc(NC(=O)NC2CCCC2)c(Cl)c1. The molecule has 92 valence electrons. The fraction of sp³-hybridized carbons (Fsp3) is 0.417. The van der Waals surface area contributed by atoms with E-state index in [0.717, 1.165) is 12.8 Å². The summed E-state index contributed by atoms with van der Waals surface area (Å²) in [7, 11) is 0. The van der Waals surface area contributed by atoms with Crippen LogP contribution in [-0.4, -0.2) is 12.1 Å². The van der Waals surface area contributed by atoms with Gasteiger partial charge in [0.25, 0.3) is 0 Å². The van der Waals surface area contributed by atoms with Crippen LogP contribution in [0, 0.1) is 0 Å². The molecular weight excluding hydrogens is 238 g/mol. The predicted octanol–water partition coefficient (Wildman–Crippen LogP) is 2.99. The standard InChI is InChI=1S/C12H16ClN3O/c13-10-7-8(14)5-6-11(10)16-12(17)15-9-3-1-2-4-9/h5-7,9H,1-4,14H2,(H2,15,16,17). The van der Waals surface area contributed by atoms with Gasteiger partial charge in [0.05, 0.1) is 10.7 Å². The van der Waals surface area contributed by atoms with Crippen LogP contribution in [0.25, 0.3) is 0 Å². The number of nitrogens with one attached hydrogen (secondary N) is 2. The van der Waals surface area contributed by atoms with Crippen LogP contribution >= 0.6 is 11.6 Å². The minimum atomic E-state index is -0.205. The van der Waals surface area contributed by atoms with E-state index >= 15 is 0 Å². The Hall–Kier alpha value is -1.42. The molecule has 0 bridgehead atoms. The van der Waals surface area contributed by atoms with E-state index in [0.29, 0.717) is 22.4 Å². The molecule has 1 fully saturated rings. The average molecular weight is 254 g/mol. The van der Waals surface area contributed by atoms with Crippen molar-refractivity contribution in [3.63, 3.8) is 0 Å². The van der Waals surface area contributed by atoms with Gasteiger partial charge < -0.3 is 16.4 Å². The molecule has 2 amide bonds. The Morgan fingerprint density at radius 2 is 2.06 bits per heavy atom. The van der Waals surface area contributed by atoms with Crippen molar-refractivity contribution in [1.29, 1.82) is 0 Å². The molecule has 1 saturated carbocycles. The number of carbonyl (C=O) groups is 1. The number of amides is 2. The number of rotatable bonds is 2. The zero-order valence-electron chi connectivity index (χ0n) is 9.50. The largest absolute Gasteiger partial charge is 0.399 e. The highest BCUT2D eigenvalue weighted by atomic mass is 35.5. The smallest absolute Gasteiger partial charge is 0.319 e. The lowest BCUT2D eigenvalue weighted by Gasteiger charge is -2.13. The van der Waals surface area contributed by atoms with E-state index in [1.54, 1.807) is 18.2 Å². The first kappa shape index (κ1) is 12.0. The molecule has 17 heavy (non-hydrogen) atoms. The average Bonchev–Trinajstić information content (AvgIpc) is 2.75. The van der Waals surface area contributed by atoms with Crippen molar-refractivity contribution in [3.8, 4) is 0 Å².